The molecule has 0 atom stereocenters. The molecule has 3 aromatic rings. The Morgan fingerprint density at radius 2 is 2.00 bits per heavy atom. The first-order chi connectivity index (χ1) is 12.0. The monoisotopic (exact) mass is 377 g/mol. The molecule has 128 valence electrons. The number of amides is 1. The van der Waals surface area contributed by atoms with E-state index in [4.69, 9.17) is 17.4 Å². The summed E-state index contributed by atoms with van der Waals surface area (Å²) in [6.07, 6.45) is 0. The molecule has 0 saturated carbocycles. The molecular formula is C16H13ClFN5OS. The van der Waals surface area contributed by atoms with Crippen LogP contribution >= 0.6 is 23.4 Å². The predicted octanol–water partition coefficient (Wildman–Crippen LogP) is 3.18. The third kappa shape index (κ3) is 4.28. The summed E-state index contributed by atoms with van der Waals surface area (Å²) in [5.41, 5.74) is 1.24. The Labute approximate surface area is 152 Å². The van der Waals surface area contributed by atoms with Gasteiger partial charge in [-0.1, -0.05) is 29.4 Å². The Hall–Kier alpha value is -2.58. The lowest BCUT2D eigenvalue weighted by atomic mass is 10.2. The van der Waals surface area contributed by atoms with E-state index in [1.54, 1.807) is 36.4 Å². The van der Waals surface area contributed by atoms with Crippen LogP contribution in [0.5, 0.6) is 0 Å². The van der Waals surface area contributed by atoms with Crippen molar-refractivity contribution in [3.63, 3.8) is 0 Å². The molecule has 6 nitrogen and oxygen atoms in total. The minimum absolute atomic E-state index is 0.102. The Balaban J connectivity index is 1.64. The maximum atomic E-state index is 13.0. The quantitative estimate of drug-likeness (QED) is 0.527. The van der Waals surface area contributed by atoms with Crippen molar-refractivity contribution in [1.29, 1.82) is 0 Å². The van der Waals surface area contributed by atoms with E-state index in [2.05, 4.69) is 15.5 Å². The minimum Gasteiger partial charge on any atom is -0.335 e. The largest absolute Gasteiger partial charge is 0.335 e. The first-order valence-corrected chi connectivity index (χ1v) is 8.54. The molecule has 1 amide bonds. The topological polar surface area (TPSA) is 85.8 Å². The lowest BCUT2D eigenvalue weighted by molar-refractivity contribution is -0.113. The Bertz CT molecular complexity index is 900. The van der Waals surface area contributed by atoms with Crippen LogP contribution in [-0.2, 0) is 4.79 Å². The van der Waals surface area contributed by atoms with Gasteiger partial charge in [0.1, 0.15) is 5.82 Å². The number of aromatic nitrogens is 3. The smallest absolute Gasteiger partial charge is 0.234 e. The lowest BCUT2D eigenvalue weighted by Gasteiger charge is -2.06. The Morgan fingerprint density at radius 1 is 1.24 bits per heavy atom. The predicted molar refractivity (Wildman–Crippen MR) is 96.4 cm³/mol. The zero-order valence-corrected chi connectivity index (χ0v) is 14.4. The van der Waals surface area contributed by atoms with E-state index in [1.165, 1.54) is 16.8 Å². The van der Waals surface area contributed by atoms with Crippen LogP contribution in [0.25, 0.3) is 11.4 Å². The summed E-state index contributed by atoms with van der Waals surface area (Å²) in [7, 11) is 0. The number of nitrogen functional groups attached to an aromatic ring is 1. The van der Waals surface area contributed by atoms with Crippen LogP contribution < -0.4 is 11.2 Å². The van der Waals surface area contributed by atoms with E-state index in [9.17, 15) is 9.18 Å². The molecule has 0 bridgehead atoms. The van der Waals surface area contributed by atoms with Crippen LogP contribution in [0.1, 0.15) is 0 Å². The lowest BCUT2D eigenvalue weighted by Crippen LogP contribution is -2.16. The summed E-state index contributed by atoms with van der Waals surface area (Å²) < 4.78 is 14.3. The van der Waals surface area contributed by atoms with Gasteiger partial charge in [0, 0.05) is 16.3 Å². The summed E-state index contributed by atoms with van der Waals surface area (Å²) >= 11 is 7.02. The number of nitrogens with two attached hydrogens (primary N) is 1. The second-order valence-corrected chi connectivity index (χ2v) is 6.41. The maximum absolute atomic E-state index is 13.0. The van der Waals surface area contributed by atoms with E-state index >= 15 is 0 Å². The number of nitrogens with one attached hydrogen (secondary N) is 1. The van der Waals surface area contributed by atoms with Crippen molar-refractivity contribution in [1.82, 2.24) is 14.9 Å². The van der Waals surface area contributed by atoms with Gasteiger partial charge in [-0.25, -0.2) is 9.07 Å². The van der Waals surface area contributed by atoms with Crippen molar-refractivity contribution in [2.75, 3.05) is 16.9 Å². The van der Waals surface area contributed by atoms with Crippen LogP contribution in [0.15, 0.2) is 53.7 Å². The fourth-order valence-corrected chi connectivity index (χ4v) is 2.91. The Kier molecular flexibility index (Phi) is 5.20. The SMILES string of the molecule is Nn1c(SCC(=O)Nc2cccc(Cl)c2)nnc1-c1ccc(F)cc1. The molecule has 3 N–H and O–H groups in total. The van der Waals surface area contributed by atoms with Gasteiger partial charge in [-0.15, -0.1) is 10.2 Å². The summed E-state index contributed by atoms with van der Waals surface area (Å²) in [5.74, 6) is 5.88. The number of carbonyl (C=O) groups is 1. The molecule has 0 saturated heterocycles. The van der Waals surface area contributed by atoms with Gasteiger partial charge in [-0.3, -0.25) is 4.79 Å². The fraction of sp³-hybridized carbons (Fsp3) is 0.0625. The molecule has 1 aromatic heterocycles. The highest BCUT2D eigenvalue weighted by atomic mass is 35.5. The van der Waals surface area contributed by atoms with Crippen LogP contribution in [0.3, 0.4) is 0 Å². The number of halogens is 2. The number of benzene rings is 2. The highest BCUT2D eigenvalue weighted by molar-refractivity contribution is 7.99. The fourth-order valence-electron chi connectivity index (χ4n) is 2.06. The van der Waals surface area contributed by atoms with Crippen molar-refractivity contribution in [3.8, 4) is 11.4 Å². The Morgan fingerprint density at radius 3 is 2.72 bits per heavy atom. The molecule has 0 aliphatic rings. The maximum Gasteiger partial charge on any atom is 0.234 e. The minimum atomic E-state index is -0.348. The van der Waals surface area contributed by atoms with Crippen molar-refractivity contribution in [2.24, 2.45) is 0 Å². The van der Waals surface area contributed by atoms with Gasteiger partial charge in [0.05, 0.1) is 5.75 Å². The van der Waals surface area contributed by atoms with Crippen molar-refractivity contribution in [3.05, 3.63) is 59.4 Å². The van der Waals surface area contributed by atoms with Gasteiger partial charge in [-0.2, -0.15) is 0 Å². The van der Waals surface area contributed by atoms with Gasteiger partial charge < -0.3 is 11.2 Å². The molecule has 0 fully saturated rings. The first-order valence-electron chi connectivity index (χ1n) is 7.17. The average Bonchev–Trinajstić information content (AvgIpc) is 2.94. The number of nitrogens with zero attached hydrogens (tertiary/aromatic N) is 3. The average molecular weight is 378 g/mol. The van der Waals surface area contributed by atoms with Crippen LogP contribution in [-0.4, -0.2) is 26.5 Å². The zero-order chi connectivity index (χ0) is 17.8. The third-order valence-corrected chi connectivity index (χ3v) is 4.39. The summed E-state index contributed by atoms with van der Waals surface area (Å²) in [6.45, 7) is 0. The molecule has 0 aliphatic carbocycles. The van der Waals surface area contributed by atoms with Crippen LogP contribution in [0.4, 0.5) is 10.1 Å². The van der Waals surface area contributed by atoms with Crippen molar-refractivity contribution < 1.29 is 9.18 Å². The second kappa shape index (κ2) is 7.54. The van der Waals surface area contributed by atoms with Crippen LogP contribution in [0, 0.1) is 5.82 Å². The van der Waals surface area contributed by atoms with Crippen molar-refractivity contribution in [2.45, 2.75) is 5.16 Å². The first kappa shape index (κ1) is 17.2. The molecule has 0 radical (unpaired) electrons. The highest BCUT2D eigenvalue weighted by Gasteiger charge is 2.14. The molecule has 25 heavy (non-hydrogen) atoms. The standard InChI is InChI=1S/C16H13ClFN5OS/c17-11-2-1-3-13(8-11)20-14(24)9-25-16-22-21-15(23(16)19)10-4-6-12(18)7-5-10/h1-8H,9,19H2,(H,20,24). The third-order valence-electron chi connectivity index (χ3n) is 3.21. The van der Waals surface area contributed by atoms with Gasteiger partial charge >= 0.3 is 0 Å². The van der Waals surface area contributed by atoms with Gasteiger partial charge in [-0.05, 0) is 42.5 Å². The second-order valence-electron chi connectivity index (χ2n) is 5.03. The molecule has 0 spiro atoms. The molecule has 2 aromatic carbocycles. The van der Waals surface area contributed by atoms with Gasteiger partial charge in [0.25, 0.3) is 0 Å². The van der Waals surface area contributed by atoms with E-state index in [-0.39, 0.29) is 17.5 Å². The van der Waals surface area contributed by atoms with E-state index in [1.807, 2.05) is 0 Å². The zero-order valence-electron chi connectivity index (χ0n) is 12.8. The number of anilines is 1. The van der Waals surface area contributed by atoms with Gasteiger partial charge in [0.15, 0.2) is 5.82 Å². The van der Waals surface area contributed by atoms with Crippen LogP contribution in [0.2, 0.25) is 5.02 Å². The summed E-state index contributed by atoms with van der Waals surface area (Å²) in [4.78, 5) is 12.0. The number of rotatable bonds is 5. The number of thioether (sulfide) groups is 1. The van der Waals surface area contributed by atoms with Crippen molar-refractivity contribution >= 4 is 35.0 Å². The van der Waals surface area contributed by atoms with E-state index < -0.39 is 0 Å². The molecule has 3 rings (SSSR count). The van der Waals surface area contributed by atoms with E-state index in [0.29, 0.717) is 27.3 Å². The molecule has 9 heteroatoms. The number of hydrogen-bond donors (Lipinski definition) is 2. The van der Waals surface area contributed by atoms with E-state index in [0.717, 1.165) is 11.8 Å². The number of carbonyl (C=O) groups excluding carboxylic acids is 1. The molecule has 0 aliphatic heterocycles. The molecular weight excluding hydrogens is 365 g/mol. The summed E-state index contributed by atoms with van der Waals surface area (Å²) in [5, 5.41) is 11.6. The normalized spacial score (nSPS) is 10.6. The highest BCUT2D eigenvalue weighted by Crippen LogP contribution is 2.22. The molecule has 1 heterocycles. The van der Waals surface area contributed by atoms with Gasteiger partial charge in [0.2, 0.25) is 11.1 Å². The summed E-state index contributed by atoms with van der Waals surface area (Å²) in [6, 6.07) is 12.6. The number of hydrogen-bond acceptors (Lipinski definition) is 5. The molecule has 0 unspecified atom stereocenters.